The molecule has 0 saturated carbocycles. The fourth-order valence-corrected chi connectivity index (χ4v) is 6.44. The number of amides is 11. The number of carbonyl (C=O) groups is 15. The Kier molecular flexibility index (Phi) is 28.9. The number of hydrogen-bond donors (Lipinski definition) is 18. The van der Waals surface area contributed by atoms with Crippen LogP contribution in [0.4, 0.5) is 0 Å². The zero-order chi connectivity index (χ0) is 55.2. The molecule has 33 nitrogen and oxygen atoms in total. The molecule has 1 rings (SSSR count). The Morgan fingerprint density at radius 1 is 0.479 bits per heavy atom. The third-order valence-electron chi connectivity index (χ3n) is 10.1. The number of carboxylic acid groups (broad SMARTS) is 4. The van der Waals surface area contributed by atoms with E-state index in [1.807, 2.05) is 21.3 Å². The Labute approximate surface area is 414 Å². The SMILES string of the molecule is NCCCC[C@H](NC(=O)CNC(=O)[C@@H]1CCCN1)C(=O)N[C@@H](CC(N)=O)C(=O)NCC(=O)N[C@@H](CCC(=O)O)C(=O)N[C@@H](CC(=O)O)C(=O)NCC(=O)N[C@@H](CCC(=O)O)C(=O)N[C@@H](CO)C(=O)NCC(=O)O. The first-order valence-corrected chi connectivity index (χ1v) is 22.5. The molecule has 0 spiro atoms. The van der Waals surface area contributed by atoms with Crippen LogP contribution in [0.15, 0.2) is 0 Å². The van der Waals surface area contributed by atoms with E-state index in [0.717, 1.165) is 6.42 Å². The van der Waals surface area contributed by atoms with Crippen molar-refractivity contribution in [3.63, 3.8) is 0 Å². The third kappa shape index (κ3) is 26.6. The molecule has 1 fully saturated rings. The number of aliphatic hydroxyl groups excluding tert-OH is 1. The molecule has 0 aromatic carbocycles. The summed E-state index contributed by atoms with van der Waals surface area (Å²) in [4.78, 5) is 186. The highest BCUT2D eigenvalue weighted by atomic mass is 16.4. The van der Waals surface area contributed by atoms with Gasteiger partial charge in [-0.25, -0.2) is 0 Å². The molecule has 0 aliphatic carbocycles. The molecule has 7 atom stereocenters. The van der Waals surface area contributed by atoms with Gasteiger partial charge in [0.05, 0.1) is 45.1 Å². The van der Waals surface area contributed by atoms with Crippen molar-refractivity contribution < 1.29 is 97.5 Å². The molecule has 20 N–H and O–H groups in total. The van der Waals surface area contributed by atoms with Crippen molar-refractivity contribution in [3.8, 4) is 0 Å². The molecule has 73 heavy (non-hydrogen) atoms. The number of rotatable bonds is 36. The van der Waals surface area contributed by atoms with Gasteiger partial charge in [-0.15, -0.1) is 0 Å². The van der Waals surface area contributed by atoms with Crippen LogP contribution in [0.2, 0.25) is 0 Å². The standard InChI is InChI=1S/C40H63N13O20/c41-10-2-1-4-20(48-27(56)14-44-34(67)19-5-3-11-43-19)38(71)51-23(12-26(42)55)35(68)45-15-28(57)49-21(6-8-30(59)60)39(72)52-24(13-32(63)64)36(69)46-16-29(58)50-22(7-9-31(61)62)40(73)53-25(18-54)37(70)47-17-33(65)66/h19-25,43,54H,1-18,41H2,(H2,42,55)(H,44,67)(H,45,68)(H,46,69)(H,47,70)(H,48,56)(H,49,57)(H,50,58)(H,51,71)(H,52,72)(H,53,73)(H,59,60)(H,61,62)(H,63,64)(H,65,66)/t19-,20-,21-,22-,23-,24-,25-/m0/s1. The van der Waals surface area contributed by atoms with Crippen LogP contribution in [0.3, 0.4) is 0 Å². The summed E-state index contributed by atoms with van der Waals surface area (Å²) in [5.41, 5.74) is 10.8. The van der Waals surface area contributed by atoms with Crippen molar-refractivity contribution in [2.75, 3.05) is 45.9 Å². The molecule has 0 aromatic rings. The maximum atomic E-state index is 13.4. The predicted octanol–water partition coefficient (Wildman–Crippen LogP) is -9.60. The van der Waals surface area contributed by atoms with Crippen LogP contribution in [-0.4, -0.2) is 203 Å². The van der Waals surface area contributed by atoms with E-state index >= 15 is 0 Å². The van der Waals surface area contributed by atoms with Gasteiger partial charge in [0.2, 0.25) is 65.0 Å². The van der Waals surface area contributed by atoms with Crippen LogP contribution in [0, 0.1) is 0 Å². The number of unbranched alkanes of at least 4 members (excludes halogenated alkanes) is 1. The van der Waals surface area contributed by atoms with Crippen molar-refractivity contribution in [2.45, 2.75) is 113 Å². The second-order valence-electron chi connectivity index (χ2n) is 16.1. The number of nitrogens with two attached hydrogens (primary N) is 2. The summed E-state index contributed by atoms with van der Waals surface area (Å²) < 4.78 is 0. The molecule has 33 heteroatoms. The van der Waals surface area contributed by atoms with Crippen LogP contribution in [-0.2, 0) is 71.9 Å². The number of hydrogen-bond acceptors (Lipinski definition) is 18. The molecule has 1 aliphatic rings. The molecule has 11 amide bonds. The minimum absolute atomic E-state index is 0.00178. The Bertz CT molecular complexity index is 2030. The average Bonchev–Trinajstić information content (AvgIpc) is 3.87. The van der Waals surface area contributed by atoms with E-state index in [2.05, 4.69) is 37.2 Å². The summed E-state index contributed by atoms with van der Waals surface area (Å²) in [6.07, 6.45) is -2.81. The minimum Gasteiger partial charge on any atom is -0.481 e. The van der Waals surface area contributed by atoms with Gasteiger partial charge in [-0.2, -0.15) is 0 Å². The van der Waals surface area contributed by atoms with E-state index in [0.29, 0.717) is 25.8 Å². The highest BCUT2D eigenvalue weighted by molar-refractivity contribution is 5.99. The van der Waals surface area contributed by atoms with Crippen LogP contribution in [0.25, 0.3) is 0 Å². The fourth-order valence-electron chi connectivity index (χ4n) is 6.44. The van der Waals surface area contributed by atoms with Crippen molar-refractivity contribution >= 4 is 88.9 Å². The third-order valence-corrected chi connectivity index (χ3v) is 10.1. The summed E-state index contributed by atoms with van der Waals surface area (Å²) >= 11 is 0. The molecule has 0 bridgehead atoms. The second kappa shape index (κ2) is 33.5. The minimum atomic E-state index is -2.04. The molecule has 408 valence electrons. The Balaban J connectivity index is 3.08. The molecule has 1 saturated heterocycles. The quantitative estimate of drug-likeness (QED) is 0.0259. The summed E-state index contributed by atoms with van der Waals surface area (Å²) in [5.74, 6) is -18.1. The monoisotopic (exact) mass is 1050 g/mol. The van der Waals surface area contributed by atoms with Gasteiger partial charge < -0.3 is 95.5 Å². The van der Waals surface area contributed by atoms with E-state index in [4.69, 9.17) is 21.7 Å². The van der Waals surface area contributed by atoms with Gasteiger partial charge in [-0.05, 0) is 58.0 Å². The van der Waals surface area contributed by atoms with Gasteiger partial charge in [0.25, 0.3) is 0 Å². The van der Waals surface area contributed by atoms with E-state index < -0.39 is 202 Å². The summed E-state index contributed by atoms with van der Waals surface area (Å²) in [6.45, 7) is -3.69. The normalized spacial score (nSPS) is 15.1. The van der Waals surface area contributed by atoms with Crippen LogP contribution < -0.4 is 70.0 Å². The lowest BCUT2D eigenvalue weighted by molar-refractivity contribution is -0.141. The van der Waals surface area contributed by atoms with Gasteiger partial charge >= 0.3 is 23.9 Å². The molecule has 0 radical (unpaired) electrons. The molecule has 0 aromatic heterocycles. The van der Waals surface area contributed by atoms with Crippen molar-refractivity contribution in [2.24, 2.45) is 11.5 Å². The summed E-state index contributed by atoms with van der Waals surface area (Å²) in [5, 5.41) is 70.4. The fraction of sp³-hybridized carbons (Fsp3) is 0.625. The van der Waals surface area contributed by atoms with Crippen molar-refractivity contribution in [1.29, 1.82) is 0 Å². The van der Waals surface area contributed by atoms with Gasteiger partial charge in [0.1, 0.15) is 42.8 Å². The lowest BCUT2D eigenvalue weighted by Gasteiger charge is -2.24. The maximum absolute atomic E-state index is 13.4. The van der Waals surface area contributed by atoms with E-state index in [9.17, 15) is 87.2 Å². The first kappa shape index (κ1) is 62.9. The second-order valence-corrected chi connectivity index (χ2v) is 16.1. The maximum Gasteiger partial charge on any atom is 0.322 e. The smallest absolute Gasteiger partial charge is 0.322 e. The topological polar surface area (TPSA) is 542 Å². The van der Waals surface area contributed by atoms with Crippen LogP contribution >= 0.6 is 0 Å². The van der Waals surface area contributed by atoms with Crippen LogP contribution in [0.5, 0.6) is 0 Å². The van der Waals surface area contributed by atoms with Crippen molar-refractivity contribution in [3.05, 3.63) is 0 Å². The summed E-state index contributed by atoms with van der Waals surface area (Å²) in [7, 11) is 0. The highest BCUT2D eigenvalue weighted by Crippen LogP contribution is 2.07. The molecule has 0 unspecified atom stereocenters. The molecular weight excluding hydrogens is 983 g/mol. The van der Waals surface area contributed by atoms with E-state index in [1.54, 1.807) is 0 Å². The zero-order valence-electron chi connectivity index (χ0n) is 39.3. The van der Waals surface area contributed by atoms with Crippen molar-refractivity contribution in [1.82, 2.24) is 58.5 Å². The zero-order valence-corrected chi connectivity index (χ0v) is 39.3. The number of nitrogens with one attached hydrogen (secondary N) is 11. The largest absolute Gasteiger partial charge is 0.481 e. The number of aliphatic carboxylic acids is 4. The number of carboxylic acids is 4. The number of primary amides is 1. The first-order valence-electron chi connectivity index (χ1n) is 22.5. The average molecular weight is 1050 g/mol. The Morgan fingerprint density at radius 3 is 1.30 bits per heavy atom. The molecular formula is C40H63N13O20. The first-order chi connectivity index (χ1) is 34.4. The Hall–Kier alpha value is -8.07. The summed E-state index contributed by atoms with van der Waals surface area (Å²) in [6, 6.07) is -11.0. The Morgan fingerprint density at radius 2 is 0.904 bits per heavy atom. The van der Waals surface area contributed by atoms with Gasteiger partial charge in [-0.1, -0.05) is 0 Å². The number of carbonyl (C=O) groups excluding carboxylic acids is 11. The van der Waals surface area contributed by atoms with E-state index in [-0.39, 0.29) is 13.0 Å². The highest BCUT2D eigenvalue weighted by Gasteiger charge is 2.33. The lowest BCUT2D eigenvalue weighted by Crippen LogP contribution is -2.58. The van der Waals surface area contributed by atoms with Gasteiger partial charge in [-0.3, -0.25) is 71.9 Å². The van der Waals surface area contributed by atoms with Gasteiger partial charge in [0.15, 0.2) is 0 Å². The van der Waals surface area contributed by atoms with Gasteiger partial charge in [0, 0.05) is 12.8 Å². The van der Waals surface area contributed by atoms with Crippen LogP contribution in [0.1, 0.15) is 70.6 Å². The lowest BCUT2D eigenvalue weighted by atomic mass is 10.1. The van der Waals surface area contributed by atoms with E-state index in [1.165, 1.54) is 0 Å². The predicted molar refractivity (Wildman–Crippen MR) is 242 cm³/mol. The number of aliphatic hydroxyl groups is 1. The molecule has 1 aliphatic heterocycles. The molecule has 1 heterocycles.